The number of rotatable bonds is 10. The second-order valence-corrected chi connectivity index (χ2v) is 7.80. The van der Waals surface area contributed by atoms with Crippen LogP contribution in [0.5, 0.6) is 5.75 Å². The summed E-state index contributed by atoms with van der Waals surface area (Å²) in [6.07, 6.45) is 0.910. The van der Waals surface area contributed by atoms with E-state index >= 15 is 0 Å². The minimum Gasteiger partial charge on any atom is -0.491 e. The largest absolute Gasteiger partial charge is 0.491 e. The van der Waals surface area contributed by atoms with Crippen LogP contribution in [0.4, 0.5) is 5.69 Å². The number of hydrogen-bond acceptors (Lipinski definition) is 4. The van der Waals surface area contributed by atoms with Gasteiger partial charge < -0.3 is 15.4 Å². The monoisotopic (exact) mass is 400 g/mol. The Kier molecular flexibility index (Phi) is 8.88. The number of thioether (sulfide) groups is 1. The van der Waals surface area contributed by atoms with Gasteiger partial charge >= 0.3 is 0 Å². The fourth-order valence-corrected chi connectivity index (χ4v) is 3.12. The van der Waals surface area contributed by atoms with Gasteiger partial charge in [0.1, 0.15) is 5.75 Å². The van der Waals surface area contributed by atoms with Crippen molar-refractivity contribution in [3.8, 4) is 5.75 Å². The van der Waals surface area contributed by atoms with Crippen LogP contribution >= 0.6 is 11.8 Å². The van der Waals surface area contributed by atoms with Crippen LogP contribution in [-0.4, -0.2) is 36.0 Å². The van der Waals surface area contributed by atoms with E-state index in [1.807, 2.05) is 69.3 Å². The van der Waals surface area contributed by atoms with Gasteiger partial charge in [0.05, 0.1) is 17.6 Å². The van der Waals surface area contributed by atoms with E-state index in [-0.39, 0.29) is 29.4 Å². The second kappa shape index (κ2) is 11.4. The smallest absolute Gasteiger partial charge is 0.234 e. The quantitative estimate of drug-likeness (QED) is 0.636. The van der Waals surface area contributed by atoms with E-state index in [2.05, 4.69) is 10.6 Å². The molecule has 0 saturated carbocycles. The lowest BCUT2D eigenvalue weighted by molar-refractivity contribution is -0.118. The van der Waals surface area contributed by atoms with Gasteiger partial charge in [-0.2, -0.15) is 0 Å². The molecule has 0 radical (unpaired) electrons. The Labute approximate surface area is 171 Å². The van der Waals surface area contributed by atoms with Crippen molar-refractivity contribution in [1.29, 1.82) is 0 Å². The Morgan fingerprint density at radius 1 is 0.964 bits per heavy atom. The standard InChI is InChI=1S/C22H28N2O3S/c1-16(2)27-20-10-6-18(7-11-20)12-13-23-21(25)14-28-15-22(26)24-19-8-4-17(3)5-9-19/h4-11,16H,12-15H2,1-3H3,(H,23,25)(H,24,26). The van der Waals surface area contributed by atoms with Crippen molar-refractivity contribution < 1.29 is 14.3 Å². The molecule has 0 unspecified atom stereocenters. The van der Waals surface area contributed by atoms with Gasteiger partial charge in [-0.25, -0.2) is 0 Å². The third-order valence-corrected chi connectivity index (χ3v) is 4.77. The molecule has 2 aromatic rings. The molecule has 0 aliphatic carbocycles. The van der Waals surface area contributed by atoms with Crippen molar-refractivity contribution in [2.24, 2.45) is 0 Å². The molecule has 6 heteroatoms. The van der Waals surface area contributed by atoms with E-state index in [0.717, 1.165) is 29.0 Å². The molecule has 2 amide bonds. The molecule has 0 fully saturated rings. The van der Waals surface area contributed by atoms with E-state index in [4.69, 9.17) is 4.74 Å². The molecule has 150 valence electrons. The molecule has 0 aliphatic heterocycles. The second-order valence-electron chi connectivity index (χ2n) is 6.82. The van der Waals surface area contributed by atoms with Gasteiger partial charge in [-0.3, -0.25) is 9.59 Å². The molecular weight excluding hydrogens is 372 g/mol. The summed E-state index contributed by atoms with van der Waals surface area (Å²) in [5, 5.41) is 5.71. The molecule has 0 atom stereocenters. The predicted molar refractivity (Wildman–Crippen MR) is 116 cm³/mol. The maximum atomic E-state index is 11.9. The van der Waals surface area contributed by atoms with Crippen LogP contribution in [0.15, 0.2) is 48.5 Å². The Morgan fingerprint density at radius 2 is 1.61 bits per heavy atom. The summed E-state index contributed by atoms with van der Waals surface area (Å²) in [5.41, 5.74) is 3.05. The van der Waals surface area contributed by atoms with Crippen LogP contribution in [0.1, 0.15) is 25.0 Å². The Balaban J connectivity index is 1.59. The zero-order valence-corrected chi connectivity index (χ0v) is 17.5. The number of carbonyl (C=O) groups is 2. The average molecular weight is 401 g/mol. The number of benzene rings is 2. The summed E-state index contributed by atoms with van der Waals surface area (Å²) >= 11 is 1.31. The number of amides is 2. The number of carbonyl (C=O) groups excluding carboxylic acids is 2. The number of aryl methyl sites for hydroxylation is 1. The molecule has 5 nitrogen and oxygen atoms in total. The molecule has 2 rings (SSSR count). The maximum absolute atomic E-state index is 11.9. The normalized spacial score (nSPS) is 10.6. The number of ether oxygens (including phenoxy) is 1. The van der Waals surface area contributed by atoms with E-state index in [1.54, 1.807) is 0 Å². The molecule has 28 heavy (non-hydrogen) atoms. The topological polar surface area (TPSA) is 67.4 Å². The van der Waals surface area contributed by atoms with E-state index < -0.39 is 0 Å². The zero-order valence-electron chi connectivity index (χ0n) is 16.7. The molecule has 0 bridgehead atoms. The van der Waals surface area contributed by atoms with E-state index in [9.17, 15) is 9.59 Å². The van der Waals surface area contributed by atoms with Gasteiger partial charge in [0.25, 0.3) is 0 Å². The van der Waals surface area contributed by atoms with Crippen molar-refractivity contribution in [2.75, 3.05) is 23.4 Å². The van der Waals surface area contributed by atoms with E-state index in [1.165, 1.54) is 11.8 Å². The first-order valence-electron chi connectivity index (χ1n) is 9.39. The summed E-state index contributed by atoms with van der Waals surface area (Å²) in [6, 6.07) is 15.5. The average Bonchev–Trinajstić information content (AvgIpc) is 2.64. The summed E-state index contributed by atoms with van der Waals surface area (Å²) in [5.74, 6) is 1.20. The van der Waals surface area contributed by atoms with Crippen molar-refractivity contribution in [3.05, 3.63) is 59.7 Å². The fourth-order valence-electron chi connectivity index (χ4n) is 2.47. The van der Waals surface area contributed by atoms with Gasteiger partial charge in [-0.05, 0) is 57.0 Å². The molecule has 0 aliphatic rings. The van der Waals surface area contributed by atoms with Crippen LogP contribution in [-0.2, 0) is 16.0 Å². The van der Waals surface area contributed by atoms with E-state index in [0.29, 0.717) is 6.54 Å². The SMILES string of the molecule is Cc1ccc(NC(=O)CSCC(=O)NCCc2ccc(OC(C)C)cc2)cc1. The first-order valence-corrected chi connectivity index (χ1v) is 10.5. The Hall–Kier alpha value is -2.47. The number of hydrogen-bond donors (Lipinski definition) is 2. The Morgan fingerprint density at radius 3 is 2.25 bits per heavy atom. The van der Waals surface area contributed by atoms with Crippen molar-refractivity contribution in [3.63, 3.8) is 0 Å². The lowest BCUT2D eigenvalue weighted by Gasteiger charge is -2.10. The van der Waals surface area contributed by atoms with Gasteiger partial charge in [0.15, 0.2) is 0 Å². The third-order valence-electron chi connectivity index (χ3n) is 3.83. The summed E-state index contributed by atoms with van der Waals surface area (Å²) in [7, 11) is 0. The first-order chi connectivity index (χ1) is 13.4. The lowest BCUT2D eigenvalue weighted by atomic mass is 10.1. The van der Waals surface area contributed by atoms with Crippen molar-refractivity contribution >= 4 is 29.3 Å². The van der Waals surface area contributed by atoms with Crippen LogP contribution in [0.25, 0.3) is 0 Å². The first kappa shape index (κ1) is 21.8. The maximum Gasteiger partial charge on any atom is 0.234 e. The molecule has 0 aromatic heterocycles. The highest BCUT2D eigenvalue weighted by atomic mass is 32.2. The van der Waals surface area contributed by atoms with Crippen molar-refractivity contribution in [2.45, 2.75) is 33.3 Å². The summed E-state index contributed by atoms with van der Waals surface area (Å²) < 4.78 is 5.61. The van der Waals surface area contributed by atoms with Gasteiger partial charge in [-0.1, -0.05) is 29.8 Å². The molecular formula is C22H28N2O3S. The van der Waals surface area contributed by atoms with Crippen LogP contribution < -0.4 is 15.4 Å². The minimum atomic E-state index is -0.106. The zero-order chi connectivity index (χ0) is 20.4. The molecule has 0 spiro atoms. The highest BCUT2D eigenvalue weighted by Crippen LogP contribution is 2.14. The minimum absolute atomic E-state index is 0.0621. The molecule has 0 saturated heterocycles. The van der Waals surface area contributed by atoms with Crippen LogP contribution in [0.2, 0.25) is 0 Å². The summed E-state index contributed by atoms with van der Waals surface area (Å²) in [4.78, 5) is 23.8. The summed E-state index contributed by atoms with van der Waals surface area (Å²) in [6.45, 7) is 6.55. The third kappa shape index (κ3) is 8.48. The van der Waals surface area contributed by atoms with Crippen LogP contribution in [0, 0.1) is 6.92 Å². The van der Waals surface area contributed by atoms with Crippen molar-refractivity contribution in [1.82, 2.24) is 5.32 Å². The highest BCUT2D eigenvalue weighted by molar-refractivity contribution is 8.00. The van der Waals surface area contributed by atoms with Gasteiger partial charge in [0.2, 0.25) is 11.8 Å². The molecule has 2 N–H and O–H groups in total. The van der Waals surface area contributed by atoms with Gasteiger partial charge in [-0.15, -0.1) is 11.8 Å². The van der Waals surface area contributed by atoms with Gasteiger partial charge in [0, 0.05) is 12.2 Å². The fraction of sp³-hybridized carbons (Fsp3) is 0.364. The number of nitrogens with one attached hydrogen (secondary N) is 2. The molecule has 2 aromatic carbocycles. The highest BCUT2D eigenvalue weighted by Gasteiger charge is 2.06. The Bertz CT molecular complexity index is 758. The predicted octanol–water partition coefficient (Wildman–Crippen LogP) is 3.81. The van der Waals surface area contributed by atoms with Crippen LogP contribution in [0.3, 0.4) is 0 Å². The molecule has 0 heterocycles. The lowest BCUT2D eigenvalue weighted by Crippen LogP contribution is -2.28. The number of anilines is 1.